The Balaban J connectivity index is 1.86. The van der Waals surface area contributed by atoms with E-state index in [9.17, 15) is 25.2 Å². The Morgan fingerprint density at radius 1 is 1.00 bits per heavy atom. The maximum Gasteiger partial charge on any atom is 0.309 e. The van der Waals surface area contributed by atoms with E-state index >= 15 is 0 Å². The maximum absolute atomic E-state index is 12.1. The number of aliphatic hydroxyl groups is 3. The Morgan fingerprint density at radius 2 is 1.68 bits per heavy atom. The second-order valence-electron chi connectivity index (χ2n) is 10.4. The molecule has 0 aliphatic heterocycles. The molecule has 4 fully saturated rings. The predicted molar refractivity (Wildman–Crippen MR) is 91.7 cm³/mol. The van der Waals surface area contributed by atoms with Crippen LogP contribution in [-0.2, 0) is 4.79 Å². The average Bonchev–Trinajstić information content (AvgIpc) is 2.79. The summed E-state index contributed by atoms with van der Waals surface area (Å²) >= 11 is 0. The summed E-state index contributed by atoms with van der Waals surface area (Å²) in [5.41, 5.74) is -1.96. The standard InChI is InChI=1S/C20H32O5/c1-17-6-7-20(10-17)14(23)8-12-18(2,16(24)25)5-4-13(22)19(12,3)15(20)11(21)9-17/h11-15,21-23H,4-10H2,1-3H3,(H,24,25)/t11-,12+,13-,14-,15?,17-,18+,19-,20-/m0/s1. The van der Waals surface area contributed by atoms with Gasteiger partial charge in [0.15, 0.2) is 0 Å². The normalized spacial score (nSPS) is 60.6. The fraction of sp³-hybridized carbons (Fsp3) is 0.950. The van der Waals surface area contributed by atoms with E-state index in [2.05, 4.69) is 6.92 Å². The van der Waals surface area contributed by atoms with Crippen LogP contribution in [-0.4, -0.2) is 44.7 Å². The van der Waals surface area contributed by atoms with E-state index in [1.807, 2.05) is 6.92 Å². The van der Waals surface area contributed by atoms with Gasteiger partial charge in [0.2, 0.25) is 0 Å². The van der Waals surface area contributed by atoms with Gasteiger partial charge in [-0.25, -0.2) is 0 Å². The molecular weight excluding hydrogens is 320 g/mol. The van der Waals surface area contributed by atoms with Gasteiger partial charge in [-0.15, -0.1) is 0 Å². The minimum absolute atomic E-state index is 0.0514. The van der Waals surface area contributed by atoms with Crippen LogP contribution in [0.15, 0.2) is 0 Å². The molecule has 25 heavy (non-hydrogen) atoms. The molecule has 1 spiro atoms. The van der Waals surface area contributed by atoms with E-state index in [0.29, 0.717) is 25.7 Å². The maximum atomic E-state index is 12.1. The molecule has 4 aliphatic rings. The van der Waals surface area contributed by atoms with E-state index in [1.165, 1.54) is 0 Å². The molecule has 0 radical (unpaired) electrons. The van der Waals surface area contributed by atoms with Crippen molar-refractivity contribution in [3.05, 3.63) is 0 Å². The van der Waals surface area contributed by atoms with Gasteiger partial charge in [-0.05, 0) is 63.2 Å². The molecule has 0 saturated heterocycles. The first-order valence-electron chi connectivity index (χ1n) is 9.77. The lowest BCUT2D eigenvalue weighted by Gasteiger charge is -2.67. The smallest absolute Gasteiger partial charge is 0.309 e. The molecule has 142 valence electrons. The van der Waals surface area contributed by atoms with Crippen molar-refractivity contribution < 1.29 is 25.2 Å². The van der Waals surface area contributed by atoms with Crippen LogP contribution in [0.1, 0.15) is 65.7 Å². The van der Waals surface area contributed by atoms with Gasteiger partial charge in [0.05, 0.1) is 23.7 Å². The highest BCUT2D eigenvalue weighted by Gasteiger charge is 2.73. The third-order valence-electron chi connectivity index (χ3n) is 9.11. The van der Waals surface area contributed by atoms with Crippen molar-refractivity contribution in [2.45, 2.75) is 84.0 Å². The number of fused-ring (bicyclic) bond motifs is 3. The largest absolute Gasteiger partial charge is 0.481 e. The highest BCUT2D eigenvalue weighted by molar-refractivity contribution is 5.75. The molecule has 0 aromatic heterocycles. The van der Waals surface area contributed by atoms with Gasteiger partial charge in [0, 0.05) is 16.7 Å². The number of carboxylic acid groups (broad SMARTS) is 1. The highest BCUT2D eigenvalue weighted by Crippen LogP contribution is 2.73. The lowest BCUT2D eigenvalue weighted by atomic mass is 9.38. The molecule has 4 rings (SSSR count). The Morgan fingerprint density at radius 3 is 2.32 bits per heavy atom. The summed E-state index contributed by atoms with van der Waals surface area (Å²) in [4.78, 5) is 12.1. The fourth-order valence-electron chi connectivity index (χ4n) is 7.97. The summed E-state index contributed by atoms with van der Waals surface area (Å²) < 4.78 is 0. The number of aliphatic hydroxyl groups excluding tert-OH is 3. The Bertz CT molecular complexity index is 607. The van der Waals surface area contributed by atoms with Gasteiger partial charge < -0.3 is 20.4 Å². The first-order chi connectivity index (χ1) is 11.5. The van der Waals surface area contributed by atoms with E-state index in [-0.39, 0.29) is 22.7 Å². The van der Waals surface area contributed by atoms with E-state index < -0.39 is 35.1 Å². The molecular formula is C20H32O5. The second kappa shape index (κ2) is 4.99. The first kappa shape index (κ1) is 17.7. The van der Waals surface area contributed by atoms with Gasteiger partial charge in [-0.3, -0.25) is 4.79 Å². The van der Waals surface area contributed by atoms with Crippen LogP contribution in [0, 0.1) is 33.5 Å². The van der Waals surface area contributed by atoms with Gasteiger partial charge in [-0.1, -0.05) is 13.8 Å². The molecule has 2 bridgehead atoms. The minimum Gasteiger partial charge on any atom is -0.481 e. The SMILES string of the molecule is C[C@@]12CC[C@@]3(C1)C([C@@H](O)C2)[C@]1(C)[C@@H](O)CC[C@@](C)(C(=O)O)[C@H]1C[C@@H]3O. The van der Waals surface area contributed by atoms with Crippen molar-refractivity contribution in [3.8, 4) is 0 Å². The molecule has 0 aromatic rings. The lowest BCUT2D eigenvalue weighted by Crippen LogP contribution is -2.69. The summed E-state index contributed by atoms with van der Waals surface area (Å²) in [6, 6.07) is 0. The van der Waals surface area contributed by atoms with Crippen LogP contribution in [0.5, 0.6) is 0 Å². The molecule has 5 nitrogen and oxygen atoms in total. The third-order valence-corrected chi connectivity index (χ3v) is 9.11. The molecule has 4 aliphatic carbocycles. The number of hydrogen-bond acceptors (Lipinski definition) is 4. The zero-order valence-electron chi connectivity index (χ0n) is 15.5. The van der Waals surface area contributed by atoms with Crippen molar-refractivity contribution in [2.75, 3.05) is 0 Å². The van der Waals surface area contributed by atoms with Crippen molar-refractivity contribution in [1.29, 1.82) is 0 Å². The topological polar surface area (TPSA) is 98.0 Å². The molecule has 0 amide bonds. The number of rotatable bonds is 1. The average molecular weight is 352 g/mol. The second-order valence-corrected chi connectivity index (χ2v) is 10.4. The van der Waals surface area contributed by atoms with E-state index in [0.717, 1.165) is 19.3 Å². The molecule has 5 heteroatoms. The molecule has 1 unspecified atom stereocenters. The number of carbonyl (C=O) groups is 1. The zero-order chi connectivity index (χ0) is 18.4. The Labute approximate surface area is 149 Å². The molecule has 4 N–H and O–H groups in total. The van der Waals surface area contributed by atoms with Crippen molar-refractivity contribution in [1.82, 2.24) is 0 Å². The molecule has 0 aromatic carbocycles. The van der Waals surface area contributed by atoms with Crippen molar-refractivity contribution in [2.24, 2.45) is 33.5 Å². The van der Waals surface area contributed by atoms with E-state index in [1.54, 1.807) is 6.92 Å². The van der Waals surface area contributed by atoms with Crippen LogP contribution in [0.25, 0.3) is 0 Å². The number of aliphatic carboxylic acids is 1. The van der Waals surface area contributed by atoms with Crippen LogP contribution in [0.4, 0.5) is 0 Å². The first-order valence-corrected chi connectivity index (χ1v) is 9.77. The highest BCUT2D eigenvalue weighted by atomic mass is 16.4. The van der Waals surface area contributed by atoms with Gasteiger partial charge in [-0.2, -0.15) is 0 Å². The van der Waals surface area contributed by atoms with E-state index in [4.69, 9.17) is 0 Å². The Hall–Kier alpha value is -0.650. The van der Waals surface area contributed by atoms with Crippen molar-refractivity contribution in [3.63, 3.8) is 0 Å². The summed E-state index contributed by atoms with van der Waals surface area (Å²) in [6.07, 6.45) is 2.88. The summed E-state index contributed by atoms with van der Waals surface area (Å²) in [5, 5.41) is 43.3. The molecule has 9 atom stereocenters. The lowest BCUT2D eigenvalue weighted by molar-refractivity contribution is -0.264. The zero-order valence-corrected chi connectivity index (χ0v) is 15.5. The van der Waals surface area contributed by atoms with Crippen LogP contribution in [0.2, 0.25) is 0 Å². The van der Waals surface area contributed by atoms with Crippen LogP contribution >= 0.6 is 0 Å². The monoisotopic (exact) mass is 352 g/mol. The van der Waals surface area contributed by atoms with Crippen molar-refractivity contribution >= 4 is 5.97 Å². The number of hydrogen-bond donors (Lipinski definition) is 4. The minimum atomic E-state index is -0.963. The molecule has 4 saturated carbocycles. The number of carboxylic acids is 1. The summed E-state index contributed by atoms with van der Waals surface area (Å²) in [6.45, 7) is 5.95. The van der Waals surface area contributed by atoms with Crippen LogP contribution < -0.4 is 0 Å². The molecule has 0 heterocycles. The Kier molecular flexibility index (Phi) is 3.54. The fourth-order valence-corrected chi connectivity index (χ4v) is 7.97. The van der Waals surface area contributed by atoms with Gasteiger partial charge in [0.25, 0.3) is 0 Å². The quantitative estimate of drug-likeness (QED) is 0.580. The summed E-state index contributed by atoms with van der Waals surface area (Å²) in [7, 11) is 0. The van der Waals surface area contributed by atoms with Gasteiger partial charge in [0.1, 0.15) is 0 Å². The summed E-state index contributed by atoms with van der Waals surface area (Å²) in [5.74, 6) is -1.41. The predicted octanol–water partition coefficient (Wildman–Crippen LogP) is 2.18. The van der Waals surface area contributed by atoms with Gasteiger partial charge >= 0.3 is 5.97 Å². The third kappa shape index (κ3) is 1.98. The van der Waals surface area contributed by atoms with Crippen LogP contribution in [0.3, 0.4) is 0 Å².